The number of benzene rings is 1. The van der Waals surface area contributed by atoms with Crippen LogP contribution in [-0.2, 0) is 0 Å². The fourth-order valence-corrected chi connectivity index (χ4v) is 1.45. The van der Waals surface area contributed by atoms with Gasteiger partial charge in [-0.2, -0.15) is 0 Å². The second-order valence-corrected chi connectivity index (χ2v) is 4.31. The number of hydrogen-bond acceptors (Lipinski definition) is 1. The van der Waals surface area contributed by atoms with Crippen LogP contribution in [0.4, 0.5) is 4.39 Å². The molecule has 1 rings (SSSR count). The number of carbonyl (C=O) groups is 1. The van der Waals surface area contributed by atoms with Crippen molar-refractivity contribution in [2.24, 2.45) is 5.92 Å². The molecule has 0 unspecified atom stereocenters. The molecule has 1 nitrogen and oxygen atoms in total. The van der Waals surface area contributed by atoms with Crippen LogP contribution in [0.3, 0.4) is 0 Å². The zero-order valence-electron chi connectivity index (χ0n) is 9.51. The van der Waals surface area contributed by atoms with Gasteiger partial charge in [0.25, 0.3) is 0 Å². The first kappa shape index (κ1) is 11.9. The van der Waals surface area contributed by atoms with Gasteiger partial charge in [-0.3, -0.25) is 4.79 Å². The molecule has 1 aromatic carbocycles. The van der Waals surface area contributed by atoms with Crippen molar-refractivity contribution in [2.75, 3.05) is 0 Å². The van der Waals surface area contributed by atoms with E-state index in [4.69, 9.17) is 0 Å². The van der Waals surface area contributed by atoms with E-state index >= 15 is 0 Å². The minimum atomic E-state index is -0.339. The summed E-state index contributed by atoms with van der Waals surface area (Å²) in [5, 5.41) is 0. The molecule has 0 heterocycles. The number of rotatable bonds is 4. The normalized spacial score (nSPS) is 10.7. The number of ketones is 1. The molecule has 0 amide bonds. The van der Waals surface area contributed by atoms with Crippen molar-refractivity contribution >= 4 is 5.78 Å². The monoisotopic (exact) mass is 208 g/mol. The molecule has 0 saturated heterocycles. The maximum absolute atomic E-state index is 13.0. The molecule has 0 spiro atoms. The van der Waals surface area contributed by atoms with Crippen LogP contribution in [-0.4, -0.2) is 5.78 Å². The van der Waals surface area contributed by atoms with Crippen LogP contribution < -0.4 is 0 Å². The highest BCUT2D eigenvalue weighted by Gasteiger charge is 2.10. The fourth-order valence-electron chi connectivity index (χ4n) is 1.45. The lowest BCUT2D eigenvalue weighted by Gasteiger charge is -2.06. The minimum Gasteiger partial charge on any atom is -0.294 e. The van der Waals surface area contributed by atoms with Gasteiger partial charge in [0, 0.05) is 12.0 Å². The lowest BCUT2D eigenvalue weighted by atomic mass is 9.98. The van der Waals surface area contributed by atoms with Gasteiger partial charge in [0.2, 0.25) is 0 Å². The smallest absolute Gasteiger partial charge is 0.163 e. The Labute approximate surface area is 90.3 Å². The van der Waals surface area contributed by atoms with E-state index in [1.54, 1.807) is 6.07 Å². The molecule has 0 aliphatic heterocycles. The summed E-state index contributed by atoms with van der Waals surface area (Å²) in [6, 6.07) is 4.37. The maximum Gasteiger partial charge on any atom is 0.163 e. The molecule has 0 aromatic heterocycles. The molecule has 82 valence electrons. The molecule has 2 heteroatoms. The van der Waals surface area contributed by atoms with Crippen molar-refractivity contribution in [3.05, 3.63) is 35.1 Å². The molecule has 0 radical (unpaired) electrons. The summed E-state index contributed by atoms with van der Waals surface area (Å²) >= 11 is 0. The third-order valence-electron chi connectivity index (χ3n) is 2.45. The summed E-state index contributed by atoms with van der Waals surface area (Å²) in [6.45, 7) is 5.99. The van der Waals surface area contributed by atoms with Gasteiger partial charge < -0.3 is 0 Å². The summed E-state index contributed by atoms with van der Waals surface area (Å²) in [7, 11) is 0. The van der Waals surface area contributed by atoms with Gasteiger partial charge in [-0.05, 0) is 37.0 Å². The first-order chi connectivity index (χ1) is 7.00. The van der Waals surface area contributed by atoms with Gasteiger partial charge in [0.15, 0.2) is 5.78 Å². The molecule has 15 heavy (non-hydrogen) atoms. The van der Waals surface area contributed by atoms with Crippen LogP contribution in [0.1, 0.15) is 42.6 Å². The Balaban J connectivity index is 2.77. The van der Waals surface area contributed by atoms with E-state index in [1.807, 2.05) is 6.92 Å². The molecule has 0 fully saturated rings. The SMILES string of the molecule is Cc1ccc(F)cc1C(=O)CCC(C)C. The average molecular weight is 208 g/mol. The second-order valence-electron chi connectivity index (χ2n) is 4.31. The lowest BCUT2D eigenvalue weighted by Crippen LogP contribution is -2.04. The minimum absolute atomic E-state index is 0.0423. The average Bonchev–Trinajstić information content (AvgIpc) is 2.18. The van der Waals surface area contributed by atoms with Crippen LogP contribution in [0.5, 0.6) is 0 Å². The Bertz CT molecular complexity index is 356. The molecule has 1 aromatic rings. The first-order valence-electron chi connectivity index (χ1n) is 5.30. The summed E-state index contributed by atoms with van der Waals surface area (Å²) in [6.07, 6.45) is 1.36. The van der Waals surface area contributed by atoms with Crippen LogP contribution in [0.25, 0.3) is 0 Å². The van der Waals surface area contributed by atoms with E-state index in [0.29, 0.717) is 17.9 Å². The summed E-state index contributed by atoms with van der Waals surface area (Å²) < 4.78 is 13.0. The van der Waals surface area contributed by atoms with Crippen molar-refractivity contribution < 1.29 is 9.18 Å². The van der Waals surface area contributed by atoms with Gasteiger partial charge in [-0.25, -0.2) is 4.39 Å². The fraction of sp³-hybridized carbons (Fsp3) is 0.462. The van der Waals surface area contributed by atoms with Crippen molar-refractivity contribution in [1.29, 1.82) is 0 Å². The molecular formula is C13H17FO. The van der Waals surface area contributed by atoms with E-state index in [2.05, 4.69) is 13.8 Å². The molecule has 0 aliphatic carbocycles. The van der Waals surface area contributed by atoms with E-state index in [0.717, 1.165) is 12.0 Å². The third-order valence-corrected chi connectivity index (χ3v) is 2.45. The molecule has 0 N–H and O–H groups in total. The zero-order chi connectivity index (χ0) is 11.4. The molecule has 0 aliphatic rings. The number of hydrogen-bond donors (Lipinski definition) is 0. The summed E-state index contributed by atoms with van der Waals surface area (Å²) in [5.74, 6) is 0.206. The van der Waals surface area contributed by atoms with E-state index < -0.39 is 0 Å². The largest absolute Gasteiger partial charge is 0.294 e. The van der Waals surface area contributed by atoms with E-state index in [9.17, 15) is 9.18 Å². The molecule has 0 atom stereocenters. The standard InChI is InChI=1S/C13H17FO/c1-9(2)4-7-13(15)12-8-11(14)6-5-10(12)3/h5-6,8-9H,4,7H2,1-3H3. The highest BCUT2D eigenvalue weighted by atomic mass is 19.1. The van der Waals surface area contributed by atoms with Crippen molar-refractivity contribution in [3.63, 3.8) is 0 Å². The van der Waals surface area contributed by atoms with Gasteiger partial charge in [-0.1, -0.05) is 19.9 Å². The third kappa shape index (κ3) is 3.46. The lowest BCUT2D eigenvalue weighted by molar-refractivity contribution is 0.0974. The predicted octanol–water partition coefficient (Wildman–Crippen LogP) is 3.75. The Morgan fingerprint density at radius 2 is 2.07 bits per heavy atom. The quantitative estimate of drug-likeness (QED) is 0.689. The molecule has 0 saturated carbocycles. The second kappa shape index (κ2) is 5.06. The Kier molecular flexibility index (Phi) is 4.01. The van der Waals surface area contributed by atoms with E-state index in [1.165, 1.54) is 12.1 Å². The summed E-state index contributed by atoms with van der Waals surface area (Å²) in [5.41, 5.74) is 1.38. The number of halogens is 1. The topological polar surface area (TPSA) is 17.1 Å². The molecule has 0 bridgehead atoms. The van der Waals surface area contributed by atoms with Crippen LogP contribution in [0.15, 0.2) is 18.2 Å². The maximum atomic E-state index is 13.0. The highest BCUT2D eigenvalue weighted by molar-refractivity contribution is 5.97. The number of aryl methyl sites for hydroxylation is 1. The van der Waals surface area contributed by atoms with Crippen molar-refractivity contribution in [2.45, 2.75) is 33.6 Å². The van der Waals surface area contributed by atoms with Crippen LogP contribution >= 0.6 is 0 Å². The van der Waals surface area contributed by atoms with Gasteiger partial charge in [0.05, 0.1) is 0 Å². The Hall–Kier alpha value is -1.18. The number of Topliss-reactive ketones (excluding diaryl/α,β-unsaturated/α-hetero) is 1. The van der Waals surface area contributed by atoms with Crippen molar-refractivity contribution in [1.82, 2.24) is 0 Å². The van der Waals surface area contributed by atoms with Crippen LogP contribution in [0, 0.1) is 18.7 Å². The number of carbonyl (C=O) groups excluding carboxylic acids is 1. The summed E-state index contributed by atoms with van der Waals surface area (Å²) in [4.78, 5) is 11.8. The van der Waals surface area contributed by atoms with Gasteiger partial charge in [-0.15, -0.1) is 0 Å². The van der Waals surface area contributed by atoms with Gasteiger partial charge >= 0.3 is 0 Å². The first-order valence-corrected chi connectivity index (χ1v) is 5.30. The van der Waals surface area contributed by atoms with Crippen molar-refractivity contribution in [3.8, 4) is 0 Å². The van der Waals surface area contributed by atoms with Gasteiger partial charge in [0.1, 0.15) is 5.82 Å². The Morgan fingerprint density at radius 3 is 2.67 bits per heavy atom. The van der Waals surface area contributed by atoms with Crippen LogP contribution in [0.2, 0.25) is 0 Å². The predicted molar refractivity (Wildman–Crippen MR) is 59.5 cm³/mol. The van der Waals surface area contributed by atoms with E-state index in [-0.39, 0.29) is 11.6 Å². The Morgan fingerprint density at radius 1 is 1.40 bits per heavy atom. The molecular weight excluding hydrogens is 191 g/mol. The zero-order valence-corrected chi connectivity index (χ0v) is 9.51. The highest BCUT2D eigenvalue weighted by Crippen LogP contribution is 2.15.